The molecule has 1 saturated heterocycles. The predicted molar refractivity (Wildman–Crippen MR) is 158 cm³/mol. The number of nitrogens with two attached hydrogens (primary N) is 1. The van der Waals surface area contributed by atoms with Crippen LogP contribution in [0.5, 0.6) is 0 Å². The van der Waals surface area contributed by atoms with Crippen LogP contribution >= 0.6 is 11.6 Å². The summed E-state index contributed by atoms with van der Waals surface area (Å²) in [7, 11) is -0.578. The first-order valence-electron chi connectivity index (χ1n) is 13.1. The molecule has 11 heteroatoms. The summed E-state index contributed by atoms with van der Waals surface area (Å²) in [5, 5.41) is 16.3. The molecule has 0 saturated carbocycles. The normalized spacial score (nSPS) is 16.4. The average molecular weight is 570 g/mol. The van der Waals surface area contributed by atoms with Gasteiger partial charge in [0.25, 0.3) is 0 Å². The molecule has 1 fully saturated rings. The number of quaternary nitrogens is 1. The number of halogens is 1. The number of carbonyl (C=O) groups is 2. The number of esters is 1. The van der Waals surface area contributed by atoms with Crippen molar-refractivity contribution in [2.75, 3.05) is 11.9 Å². The quantitative estimate of drug-likeness (QED) is 0.154. The third kappa shape index (κ3) is 7.94. The van der Waals surface area contributed by atoms with E-state index in [2.05, 4.69) is 10.6 Å². The van der Waals surface area contributed by atoms with Crippen LogP contribution in [-0.2, 0) is 18.8 Å². The maximum Gasteiger partial charge on any atom is 0.494 e. The van der Waals surface area contributed by atoms with Gasteiger partial charge in [-0.2, -0.15) is 0 Å². The molecule has 40 heavy (non-hydrogen) atoms. The zero-order valence-corrected chi connectivity index (χ0v) is 25.2. The maximum absolute atomic E-state index is 13.0. The number of hydrogen-bond acceptors (Lipinski definition) is 6. The van der Waals surface area contributed by atoms with E-state index in [0.717, 1.165) is 16.7 Å². The Hall–Kier alpha value is -3.18. The summed E-state index contributed by atoms with van der Waals surface area (Å²) < 4.78 is 17.3. The number of amides is 2. The first kappa shape index (κ1) is 31.4. The number of anilines is 1. The van der Waals surface area contributed by atoms with Crippen LogP contribution in [0.3, 0.4) is 0 Å². The van der Waals surface area contributed by atoms with E-state index in [9.17, 15) is 9.59 Å². The van der Waals surface area contributed by atoms with Crippen LogP contribution in [0.25, 0.3) is 0 Å². The Morgan fingerprint density at radius 1 is 1.10 bits per heavy atom. The van der Waals surface area contributed by atoms with Gasteiger partial charge in [0, 0.05) is 24.1 Å². The van der Waals surface area contributed by atoms with Crippen LogP contribution in [0, 0.1) is 17.7 Å². The van der Waals surface area contributed by atoms with Gasteiger partial charge in [-0.3, -0.25) is 15.4 Å². The lowest BCUT2D eigenvalue weighted by Gasteiger charge is -2.32. The molecule has 9 nitrogen and oxygen atoms in total. The first-order valence-corrected chi connectivity index (χ1v) is 13.5. The Labute approximate surface area is 241 Å². The molecule has 1 aliphatic rings. The van der Waals surface area contributed by atoms with Crippen molar-refractivity contribution < 1.29 is 29.0 Å². The minimum absolute atomic E-state index is 0.0341. The molecule has 0 unspecified atom stereocenters. The van der Waals surface area contributed by atoms with Crippen LogP contribution in [0.1, 0.15) is 54.0 Å². The van der Waals surface area contributed by atoms with E-state index in [1.54, 1.807) is 43.4 Å². The van der Waals surface area contributed by atoms with Crippen LogP contribution in [0.2, 0.25) is 5.02 Å². The highest BCUT2D eigenvalue weighted by Crippen LogP contribution is 2.36. The standard InChI is InChI=1S/C29H38BClN4O5/c1-18-9-12-21(13-10-18)33-25(16-24(32)27(3,4)17-38-19(2)36)35-26(37)34-23-14-11-20(15-22(23)31)30-39-28(5,6)29(7,8)40-30/h9-16,32-33H,17H2,1-8H3,(H2,34,35,37)/p+1/b25-16+,32-24?. The molecule has 2 aromatic carbocycles. The molecule has 3 rings (SSSR count). The SMILES string of the molecule is CC(=O)OCC(C)(C)C(=N)/C=C(/NC(=O)Nc1ccc(B2OC(C)(C)C(C)(C)O2)cc1Cl)[NH2+]c1ccc(C)cc1. The van der Waals surface area contributed by atoms with E-state index in [1.165, 1.54) is 6.92 Å². The number of hydrogen-bond donors (Lipinski definition) is 4. The van der Waals surface area contributed by atoms with Crippen molar-refractivity contribution >= 4 is 53.3 Å². The number of aryl methyl sites for hydroxylation is 1. The monoisotopic (exact) mass is 569 g/mol. The molecule has 0 radical (unpaired) electrons. The number of carbonyl (C=O) groups excluding carboxylic acids is 2. The van der Waals surface area contributed by atoms with Crippen molar-refractivity contribution in [3.05, 3.63) is 64.9 Å². The predicted octanol–water partition coefficient (Wildman–Crippen LogP) is 4.41. The highest BCUT2D eigenvalue weighted by atomic mass is 35.5. The van der Waals surface area contributed by atoms with Crippen molar-refractivity contribution in [1.82, 2.24) is 5.32 Å². The summed E-state index contributed by atoms with van der Waals surface area (Å²) in [6.45, 7) is 14.8. The Kier molecular flexibility index (Phi) is 9.52. The van der Waals surface area contributed by atoms with Gasteiger partial charge in [0.1, 0.15) is 12.3 Å². The van der Waals surface area contributed by atoms with Gasteiger partial charge in [0.05, 0.1) is 21.9 Å². The summed E-state index contributed by atoms with van der Waals surface area (Å²) in [4.78, 5) is 24.3. The lowest BCUT2D eigenvalue weighted by Crippen LogP contribution is -2.79. The van der Waals surface area contributed by atoms with Crippen LogP contribution < -0.4 is 21.4 Å². The molecule has 0 bridgehead atoms. The highest BCUT2D eigenvalue weighted by molar-refractivity contribution is 6.62. The van der Waals surface area contributed by atoms with Crippen molar-refractivity contribution in [1.29, 1.82) is 5.41 Å². The average Bonchev–Trinajstić information content (AvgIpc) is 3.07. The molecular weight excluding hydrogens is 531 g/mol. The zero-order chi connectivity index (χ0) is 29.9. The molecule has 5 N–H and O–H groups in total. The van der Waals surface area contributed by atoms with Crippen molar-refractivity contribution in [2.45, 2.75) is 66.6 Å². The molecule has 2 amide bonds. The second-order valence-electron chi connectivity index (χ2n) is 11.6. The lowest BCUT2D eigenvalue weighted by atomic mass is 9.79. The van der Waals surface area contributed by atoms with Crippen LogP contribution in [0.15, 0.2) is 54.4 Å². The van der Waals surface area contributed by atoms with Gasteiger partial charge in [0.2, 0.25) is 5.82 Å². The van der Waals surface area contributed by atoms with Crippen LogP contribution in [0.4, 0.5) is 16.2 Å². The number of urea groups is 1. The number of nitrogens with one attached hydrogen (secondary N) is 3. The Morgan fingerprint density at radius 3 is 2.25 bits per heavy atom. The third-order valence-corrected chi connectivity index (χ3v) is 7.40. The molecule has 2 aromatic rings. The number of ether oxygens (including phenoxy) is 1. The van der Waals surface area contributed by atoms with E-state index >= 15 is 0 Å². The van der Waals surface area contributed by atoms with Gasteiger partial charge in [-0.25, -0.2) is 4.79 Å². The fourth-order valence-corrected chi connectivity index (χ4v) is 3.95. The number of allylic oxidation sites excluding steroid dienone is 1. The van der Waals surface area contributed by atoms with E-state index in [0.29, 0.717) is 16.5 Å². The molecule has 0 spiro atoms. The first-order chi connectivity index (χ1) is 18.5. The number of benzene rings is 2. The number of rotatable bonds is 9. The largest absolute Gasteiger partial charge is 0.494 e. The Balaban J connectivity index is 1.77. The zero-order valence-electron chi connectivity index (χ0n) is 24.4. The maximum atomic E-state index is 13.0. The van der Waals surface area contributed by atoms with Gasteiger partial charge >= 0.3 is 19.1 Å². The molecule has 0 aliphatic carbocycles. The van der Waals surface area contributed by atoms with E-state index in [-0.39, 0.29) is 12.3 Å². The summed E-state index contributed by atoms with van der Waals surface area (Å²) in [5.74, 6) is -0.0395. The summed E-state index contributed by atoms with van der Waals surface area (Å²) >= 11 is 6.53. The minimum atomic E-state index is -0.775. The second kappa shape index (κ2) is 12.1. The van der Waals surface area contributed by atoms with Gasteiger partial charge < -0.3 is 24.8 Å². The highest BCUT2D eigenvalue weighted by Gasteiger charge is 2.51. The smallest absolute Gasteiger partial charge is 0.465 e. The topological polar surface area (TPSA) is 126 Å². The van der Waals surface area contributed by atoms with Gasteiger partial charge in [-0.1, -0.05) is 49.2 Å². The van der Waals surface area contributed by atoms with Crippen molar-refractivity contribution in [2.24, 2.45) is 5.41 Å². The summed E-state index contributed by atoms with van der Waals surface area (Å²) in [5.41, 5.74) is 1.51. The van der Waals surface area contributed by atoms with Gasteiger partial charge in [-0.05, 0) is 64.3 Å². The van der Waals surface area contributed by atoms with Gasteiger partial charge in [0.15, 0.2) is 0 Å². The fraction of sp³-hybridized carbons (Fsp3) is 0.414. The molecular formula is C29H39BClN4O5+. The minimum Gasteiger partial charge on any atom is -0.465 e. The van der Waals surface area contributed by atoms with Gasteiger partial charge in [-0.15, -0.1) is 0 Å². The van der Waals surface area contributed by atoms with E-state index in [4.69, 9.17) is 31.1 Å². The van der Waals surface area contributed by atoms with Crippen LogP contribution in [-0.4, -0.2) is 42.6 Å². The lowest BCUT2D eigenvalue weighted by molar-refractivity contribution is -0.522. The molecule has 214 valence electrons. The van der Waals surface area contributed by atoms with E-state index in [1.807, 2.05) is 58.9 Å². The summed E-state index contributed by atoms with van der Waals surface area (Å²) in [6.07, 6.45) is 1.55. The summed E-state index contributed by atoms with van der Waals surface area (Å²) in [6, 6.07) is 12.4. The Bertz CT molecular complexity index is 1290. The van der Waals surface area contributed by atoms with Crippen molar-refractivity contribution in [3.63, 3.8) is 0 Å². The fourth-order valence-electron chi connectivity index (χ4n) is 3.71. The molecule has 0 atom stereocenters. The second-order valence-corrected chi connectivity index (χ2v) is 12.0. The Morgan fingerprint density at radius 2 is 1.70 bits per heavy atom. The third-order valence-electron chi connectivity index (χ3n) is 7.09. The van der Waals surface area contributed by atoms with E-state index < -0.39 is 35.7 Å². The van der Waals surface area contributed by atoms with Crippen molar-refractivity contribution in [3.8, 4) is 0 Å². The molecule has 1 aliphatic heterocycles. The molecule has 0 aromatic heterocycles. The molecule has 1 heterocycles.